The van der Waals surface area contributed by atoms with Crippen molar-refractivity contribution in [3.63, 3.8) is 0 Å². The van der Waals surface area contributed by atoms with Crippen LogP contribution in [0.5, 0.6) is 11.6 Å². The second-order valence-corrected chi connectivity index (χ2v) is 10.6. The molecule has 1 aliphatic rings. The van der Waals surface area contributed by atoms with E-state index in [0.29, 0.717) is 11.6 Å². The number of fused-ring (bicyclic) bond motifs is 1. The van der Waals surface area contributed by atoms with Crippen LogP contribution in [0.3, 0.4) is 0 Å². The summed E-state index contributed by atoms with van der Waals surface area (Å²) in [5, 5.41) is 0.718. The van der Waals surface area contributed by atoms with E-state index in [1.165, 1.54) is 23.4 Å². The Morgan fingerprint density at radius 3 is 2.50 bits per heavy atom. The zero-order valence-electron chi connectivity index (χ0n) is 19.4. The molecule has 1 fully saturated rings. The van der Waals surface area contributed by atoms with Crippen molar-refractivity contribution in [1.82, 2.24) is 19.4 Å². The molecule has 0 saturated carbocycles. The molecule has 5 rings (SSSR count). The van der Waals surface area contributed by atoms with Crippen LogP contribution in [0, 0.1) is 0 Å². The zero-order valence-corrected chi connectivity index (χ0v) is 20.2. The van der Waals surface area contributed by atoms with Crippen molar-refractivity contribution in [3.05, 3.63) is 73.2 Å². The van der Waals surface area contributed by atoms with E-state index in [9.17, 15) is 13.2 Å². The largest absolute Gasteiger partial charge is 0.440 e. The number of halogens is 1. The molecular formula is C25H23FN4O5S. The zero-order chi connectivity index (χ0) is 25.3. The lowest BCUT2D eigenvalue weighted by atomic mass is 10.1. The first-order chi connectivity index (χ1) is 17.2. The van der Waals surface area contributed by atoms with Gasteiger partial charge in [-0.1, -0.05) is 18.2 Å². The summed E-state index contributed by atoms with van der Waals surface area (Å²) >= 11 is 0. The van der Waals surface area contributed by atoms with Crippen LogP contribution in [-0.4, -0.2) is 59.1 Å². The van der Waals surface area contributed by atoms with Gasteiger partial charge in [-0.3, -0.25) is 0 Å². The van der Waals surface area contributed by atoms with Gasteiger partial charge in [-0.05, 0) is 36.4 Å². The quantitative estimate of drug-likeness (QED) is 0.397. The molecule has 0 radical (unpaired) electrons. The molecule has 11 heteroatoms. The van der Waals surface area contributed by atoms with E-state index >= 15 is 4.39 Å². The van der Waals surface area contributed by atoms with Gasteiger partial charge in [-0.2, -0.15) is 4.39 Å². The summed E-state index contributed by atoms with van der Waals surface area (Å²) in [5.74, 6) is -1.08. The van der Waals surface area contributed by atoms with Crippen molar-refractivity contribution in [2.75, 3.05) is 19.3 Å². The third kappa shape index (κ3) is 5.01. The number of benzene rings is 2. The Morgan fingerprint density at radius 1 is 1.03 bits per heavy atom. The van der Waals surface area contributed by atoms with Gasteiger partial charge in [0.2, 0.25) is 5.88 Å². The maximum absolute atomic E-state index is 15.5. The molecule has 1 aliphatic heterocycles. The van der Waals surface area contributed by atoms with Crippen molar-refractivity contribution in [2.24, 2.45) is 0 Å². The van der Waals surface area contributed by atoms with Crippen molar-refractivity contribution < 1.29 is 27.1 Å². The van der Waals surface area contributed by atoms with E-state index in [4.69, 9.17) is 9.47 Å². The Hall–Kier alpha value is -3.99. The van der Waals surface area contributed by atoms with Gasteiger partial charge in [0.05, 0.1) is 10.4 Å². The Kier molecular flexibility index (Phi) is 6.09. The lowest BCUT2D eigenvalue weighted by Gasteiger charge is -2.35. The highest BCUT2D eigenvalue weighted by Crippen LogP contribution is 2.31. The Balaban J connectivity index is 1.28. The Morgan fingerprint density at radius 2 is 1.78 bits per heavy atom. The number of para-hydroxylation sites is 1. The minimum Gasteiger partial charge on any atom is -0.440 e. The second kappa shape index (κ2) is 9.23. The highest BCUT2D eigenvalue weighted by Gasteiger charge is 2.39. The first-order valence-corrected chi connectivity index (χ1v) is 13.1. The van der Waals surface area contributed by atoms with Gasteiger partial charge in [0.1, 0.15) is 17.9 Å². The molecule has 0 unspecified atom stereocenters. The Bertz CT molecular complexity index is 1520. The normalized spacial score (nSPS) is 15.6. The molecule has 9 nitrogen and oxygen atoms in total. The lowest BCUT2D eigenvalue weighted by Crippen LogP contribution is -2.48. The predicted octanol–water partition coefficient (Wildman–Crippen LogP) is 4.16. The van der Waals surface area contributed by atoms with E-state index in [2.05, 4.69) is 9.97 Å². The van der Waals surface area contributed by atoms with Crippen LogP contribution in [0.15, 0.2) is 78.1 Å². The number of sulfone groups is 1. The lowest BCUT2D eigenvalue weighted by molar-refractivity contribution is -0.102. The summed E-state index contributed by atoms with van der Waals surface area (Å²) in [5.41, 5.74) is 0.729. The van der Waals surface area contributed by atoms with E-state index in [1.807, 2.05) is 6.07 Å². The molecule has 1 amide bonds. The van der Waals surface area contributed by atoms with Crippen LogP contribution in [0.2, 0.25) is 0 Å². The fraction of sp³-hybridized carbons (Fsp3) is 0.240. The van der Waals surface area contributed by atoms with Gasteiger partial charge >= 0.3 is 6.09 Å². The third-order valence-electron chi connectivity index (χ3n) is 5.97. The molecule has 0 aliphatic carbocycles. The molecule has 2 aromatic carbocycles. The molecule has 36 heavy (non-hydrogen) atoms. The highest BCUT2D eigenvalue weighted by molar-refractivity contribution is 7.90. The second-order valence-electron chi connectivity index (χ2n) is 8.55. The molecule has 3 heterocycles. The van der Waals surface area contributed by atoms with Crippen molar-refractivity contribution in [1.29, 1.82) is 0 Å². The van der Waals surface area contributed by atoms with Crippen LogP contribution in [0.1, 0.15) is 12.8 Å². The number of rotatable bonds is 5. The van der Waals surface area contributed by atoms with Crippen LogP contribution in [0.4, 0.5) is 9.18 Å². The first-order valence-electron chi connectivity index (χ1n) is 11.2. The average Bonchev–Trinajstić information content (AvgIpc) is 3.28. The average molecular weight is 511 g/mol. The van der Waals surface area contributed by atoms with E-state index < -0.39 is 21.8 Å². The summed E-state index contributed by atoms with van der Waals surface area (Å²) in [4.78, 5) is 22.4. The molecule has 1 saturated heterocycles. The number of hydrogen-bond acceptors (Lipinski definition) is 7. The SMILES string of the molecule is CS(=O)(=O)c1ccc2c(ccn2-c2cc(OC3(F)CCN(C(=O)Oc4ccccc4)CC3)ncn2)c1. The topological polar surface area (TPSA) is 104 Å². The maximum Gasteiger partial charge on any atom is 0.415 e. The number of likely N-dealkylation sites (tertiary alicyclic amines) is 1. The van der Waals surface area contributed by atoms with Gasteiger partial charge in [0.25, 0.3) is 5.85 Å². The summed E-state index contributed by atoms with van der Waals surface area (Å²) < 4.78 is 51.9. The smallest absolute Gasteiger partial charge is 0.415 e. The first kappa shape index (κ1) is 23.7. The van der Waals surface area contributed by atoms with Crippen LogP contribution >= 0.6 is 0 Å². The number of nitrogens with zero attached hydrogens (tertiary/aromatic N) is 4. The summed E-state index contributed by atoms with van der Waals surface area (Å²) in [6.45, 7) is 0.260. The standard InChI is InChI=1S/C25H23FN4O5S/c1-36(32,33)20-7-8-21-18(15-20)9-12-30(21)22-16-23(28-17-27-22)35-25(26)10-13-29(14-11-25)24(31)34-19-5-3-2-4-6-19/h2-9,12,15-17H,10-11,13-14H2,1H3. The molecule has 0 spiro atoms. The molecule has 2 aromatic heterocycles. The van der Waals surface area contributed by atoms with Gasteiger partial charge in [0.15, 0.2) is 9.84 Å². The van der Waals surface area contributed by atoms with Gasteiger partial charge in [-0.25, -0.2) is 23.2 Å². The van der Waals surface area contributed by atoms with E-state index in [0.717, 1.165) is 17.2 Å². The number of carbonyl (C=O) groups excluding carboxylic acids is 1. The number of alkyl halides is 1. The minimum atomic E-state index is -3.33. The predicted molar refractivity (Wildman–Crippen MR) is 130 cm³/mol. The van der Waals surface area contributed by atoms with Gasteiger partial charge in [-0.15, -0.1) is 0 Å². The summed E-state index contributed by atoms with van der Waals surface area (Å²) in [7, 11) is -3.33. The van der Waals surface area contributed by atoms with Crippen molar-refractivity contribution in [2.45, 2.75) is 23.6 Å². The summed E-state index contributed by atoms with van der Waals surface area (Å²) in [6, 6.07) is 16.8. The maximum atomic E-state index is 15.5. The minimum absolute atomic E-state index is 0.0447. The number of hydrogen-bond donors (Lipinski definition) is 0. The van der Waals surface area contributed by atoms with Gasteiger partial charge in [0, 0.05) is 49.8 Å². The Labute approximate surface area is 207 Å². The fourth-order valence-corrected chi connectivity index (χ4v) is 4.69. The van der Waals surface area contributed by atoms with Crippen LogP contribution < -0.4 is 9.47 Å². The number of aromatic nitrogens is 3. The van der Waals surface area contributed by atoms with Crippen LogP contribution in [-0.2, 0) is 9.84 Å². The third-order valence-corrected chi connectivity index (χ3v) is 7.08. The number of carbonyl (C=O) groups is 1. The molecule has 186 valence electrons. The number of piperidine rings is 1. The highest BCUT2D eigenvalue weighted by atomic mass is 32.2. The molecule has 0 N–H and O–H groups in total. The monoisotopic (exact) mass is 510 g/mol. The van der Waals surface area contributed by atoms with Crippen LogP contribution in [0.25, 0.3) is 16.7 Å². The van der Waals surface area contributed by atoms with Crippen molar-refractivity contribution >= 4 is 26.8 Å². The molecule has 0 atom stereocenters. The van der Waals surface area contributed by atoms with Crippen molar-refractivity contribution in [3.8, 4) is 17.4 Å². The molecule has 0 bridgehead atoms. The summed E-state index contributed by atoms with van der Waals surface area (Å²) in [6.07, 6.45) is 3.55. The van der Waals surface area contributed by atoms with E-state index in [1.54, 1.807) is 53.2 Å². The molecular weight excluding hydrogens is 487 g/mol. The number of amides is 1. The van der Waals surface area contributed by atoms with Gasteiger partial charge < -0.3 is 18.9 Å². The fourth-order valence-electron chi connectivity index (χ4n) is 4.04. The molecule has 4 aromatic rings. The number of ether oxygens (including phenoxy) is 2. The van der Waals surface area contributed by atoms with E-state index in [-0.39, 0.29) is 36.7 Å².